The summed E-state index contributed by atoms with van der Waals surface area (Å²) < 4.78 is 24.4. The van der Waals surface area contributed by atoms with Crippen LogP contribution in [0.4, 0.5) is 0 Å². The van der Waals surface area contributed by atoms with Gasteiger partial charge >= 0.3 is 0 Å². The highest BCUT2D eigenvalue weighted by atomic mass is 32.2. The average Bonchev–Trinajstić information content (AvgIpc) is 2.32. The normalized spacial score (nSPS) is 17.8. The summed E-state index contributed by atoms with van der Waals surface area (Å²) in [5, 5.41) is 3.26. The van der Waals surface area contributed by atoms with E-state index in [9.17, 15) is 8.42 Å². The van der Waals surface area contributed by atoms with Gasteiger partial charge in [0.25, 0.3) is 0 Å². The Morgan fingerprint density at radius 2 is 1.89 bits per heavy atom. The average molecular weight is 267 g/mol. The first-order valence-electron chi connectivity index (χ1n) is 6.52. The van der Waals surface area contributed by atoms with Crippen LogP contribution >= 0.6 is 0 Å². The molecule has 0 atom stereocenters. The second-order valence-corrected chi connectivity index (χ2v) is 7.28. The van der Waals surface area contributed by atoms with E-state index in [-0.39, 0.29) is 5.75 Å². The Bertz CT molecular complexity index is 490. The van der Waals surface area contributed by atoms with Crippen LogP contribution in [0.5, 0.6) is 0 Å². The van der Waals surface area contributed by atoms with Gasteiger partial charge in [-0.05, 0) is 49.9 Å². The Balaban J connectivity index is 2.01. The van der Waals surface area contributed by atoms with Crippen molar-refractivity contribution in [1.29, 1.82) is 0 Å². The van der Waals surface area contributed by atoms with Crippen molar-refractivity contribution >= 4 is 9.84 Å². The fraction of sp³-hybridized carbons (Fsp3) is 0.571. The Labute approximate surface area is 110 Å². The molecule has 0 unspecified atom stereocenters. The van der Waals surface area contributed by atoms with Crippen LogP contribution in [0.2, 0.25) is 0 Å². The van der Waals surface area contributed by atoms with E-state index in [2.05, 4.69) is 5.32 Å². The Morgan fingerprint density at radius 1 is 1.22 bits per heavy atom. The molecule has 1 aromatic rings. The molecule has 100 valence electrons. The molecule has 0 bridgehead atoms. The Kier molecular flexibility index (Phi) is 4.40. The van der Waals surface area contributed by atoms with Crippen LogP contribution in [-0.4, -0.2) is 27.3 Å². The number of sulfone groups is 1. The van der Waals surface area contributed by atoms with Gasteiger partial charge in [-0.3, -0.25) is 0 Å². The van der Waals surface area contributed by atoms with Crippen molar-refractivity contribution in [2.75, 3.05) is 18.8 Å². The Hall–Kier alpha value is -0.870. The smallest absolute Gasteiger partial charge is 0.154 e. The predicted octanol–water partition coefficient (Wildman–Crippen LogP) is 1.91. The highest BCUT2D eigenvalue weighted by Gasteiger charge is 2.21. The summed E-state index contributed by atoms with van der Waals surface area (Å²) in [4.78, 5) is 0. The fourth-order valence-corrected chi connectivity index (χ4v) is 4.44. The number of hydrogen-bond acceptors (Lipinski definition) is 3. The number of hydrogen-bond donors (Lipinski definition) is 1. The maximum atomic E-state index is 12.2. The standard InChI is InChI=1S/C14H21NO2S/c1-12-4-2-3-5-14(12)11-18(16,17)10-13-6-8-15-9-7-13/h2-5,13,15H,6-11H2,1H3. The van der Waals surface area contributed by atoms with E-state index in [0.29, 0.717) is 11.7 Å². The molecular formula is C14H21NO2S. The van der Waals surface area contributed by atoms with E-state index in [4.69, 9.17) is 0 Å². The minimum absolute atomic E-state index is 0.184. The van der Waals surface area contributed by atoms with E-state index < -0.39 is 9.84 Å². The maximum Gasteiger partial charge on any atom is 0.154 e. The van der Waals surface area contributed by atoms with E-state index in [0.717, 1.165) is 37.1 Å². The summed E-state index contributed by atoms with van der Waals surface area (Å²) in [6, 6.07) is 7.73. The third kappa shape index (κ3) is 3.82. The van der Waals surface area contributed by atoms with Crippen LogP contribution in [0.1, 0.15) is 24.0 Å². The molecule has 1 aromatic carbocycles. The number of benzene rings is 1. The van der Waals surface area contributed by atoms with Gasteiger partial charge in [0.15, 0.2) is 9.84 Å². The van der Waals surface area contributed by atoms with Crippen molar-refractivity contribution < 1.29 is 8.42 Å². The number of piperidine rings is 1. The van der Waals surface area contributed by atoms with Crippen LogP contribution < -0.4 is 5.32 Å². The second kappa shape index (κ2) is 5.85. The molecule has 4 heteroatoms. The van der Waals surface area contributed by atoms with Gasteiger partial charge in [0.1, 0.15) is 0 Å². The molecule has 0 aromatic heterocycles. The largest absolute Gasteiger partial charge is 0.317 e. The third-order valence-electron chi connectivity index (χ3n) is 3.59. The van der Waals surface area contributed by atoms with E-state index in [1.165, 1.54) is 0 Å². The van der Waals surface area contributed by atoms with Gasteiger partial charge in [-0.1, -0.05) is 24.3 Å². The van der Waals surface area contributed by atoms with Crippen molar-refractivity contribution in [3.63, 3.8) is 0 Å². The first-order valence-corrected chi connectivity index (χ1v) is 8.34. The fourth-order valence-electron chi connectivity index (χ4n) is 2.48. The SMILES string of the molecule is Cc1ccccc1CS(=O)(=O)CC1CCNCC1. The van der Waals surface area contributed by atoms with E-state index in [1.54, 1.807) is 0 Å². The lowest BCUT2D eigenvalue weighted by Gasteiger charge is -2.22. The van der Waals surface area contributed by atoms with Gasteiger partial charge in [0.2, 0.25) is 0 Å². The number of nitrogens with one attached hydrogen (secondary N) is 1. The zero-order chi connectivity index (χ0) is 13.0. The van der Waals surface area contributed by atoms with Crippen LogP contribution in [-0.2, 0) is 15.6 Å². The molecule has 1 N–H and O–H groups in total. The van der Waals surface area contributed by atoms with Gasteiger partial charge in [-0.25, -0.2) is 8.42 Å². The van der Waals surface area contributed by atoms with Gasteiger partial charge in [0.05, 0.1) is 11.5 Å². The lowest BCUT2D eigenvalue weighted by Crippen LogP contribution is -2.31. The number of aryl methyl sites for hydroxylation is 1. The van der Waals surface area contributed by atoms with Crippen molar-refractivity contribution in [2.45, 2.75) is 25.5 Å². The monoisotopic (exact) mass is 267 g/mol. The maximum absolute atomic E-state index is 12.2. The summed E-state index contributed by atoms with van der Waals surface area (Å²) in [7, 11) is -2.98. The van der Waals surface area contributed by atoms with Crippen molar-refractivity contribution in [2.24, 2.45) is 5.92 Å². The first kappa shape index (κ1) is 13.6. The molecule has 1 aliphatic heterocycles. The molecule has 2 rings (SSSR count). The summed E-state index contributed by atoms with van der Waals surface area (Å²) in [5.41, 5.74) is 2.00. The molecule has 1 heterocycles. The molecule has 0 spiro atoms. The molecule has 0 radical (unpaired) electrons. The van der Waals surface area contributed by atoms with Crippen LogP contribution in [0.25, 0.3) is 0 Å². The summed E-state index contributed by atoms with van der Waals surface area (Å²) in [5.74, 6) is 0.854. The molecule has 18 heavy (non-hydrogen) atoms. The molecule has 1 fully saturated rings. The highest BCUT2D eigenvalue weighted by molar-refractivity contribution is 7.90. The minimum Gasteiger partial charge on any atom is -0.317 e. The highest BCUT2D eigenvalue weighted by Crippen LogP contribution is 2.18. The van der Waals surface area contributed by atoms with E-state index >= 15 is 0 Å². The molecule has 1 saturated heterocycles. The first-order chi connectivity index (χ1) is 8.57. The van der Waals surface area contributed by atoms with E-state index in [1.807, 2.05) is 31.2 Å². The zero-order valence-electron chi connectivity index (χ0n) is 10.9. The van der Waals surface area contributed by atoms with Crippen LogP contribution in [0.15, 0.2) is 24.3 Å². The van der Waals surface area contributed by atoms with Crippen molar-refractivity contribution in [3.05, 3.63) is 35.4 Å². The zero-order valence-corrected chi connectivity index (χ0v) is 11.7. The molecule has 0 aliphatic carbocycles. The lowest BCUT2D eigenvalue weighted by molar-refractivity contribution is 0.401. The molecule has 0 amide bonds. The number of rotatable bonds is 4. The lowest BCUT2D eigenvalue weighted by atomic mass is 10.0. The van der Waals surface area contributed by atoms with Gasteiger partial charge < -0.3 is 5.32 Å². The quantitative estimate of drug-likeness (QED) is 0.906. The van der Waals surface area contributed by atoms with Gasteiger partial charge in [-0.2, -0.15) is 0 Å². The molecular weight excluding hydrogens is 246 g/mol. The summed E-state index contributed by atoms with van der Waals surface area (Å²) in [6.07, 6.45) is 1.96. The van der Waals surface area contributed by atoms with Crippen LogP contribution in [0, 0.1) is 12.8 Å². The summed E-state index contributed by atoms with van der Waals surface area (Å²) >= 11 is 0. The predicted molar refractivity (Wildman–Crippen MR) is 74.3 cm³/mol. The van der Waals surface area contributed by atoms with Gasteiger partial charge in [0, 0.05) is 0 Å². The minimum atomic E-state index is -2.98. The Morgan fingerprint density at radius 3 is 2.56 bits per heavy atom. The summed E-state index contributed by atoms with van der Waals surface area (Å²) in [6.45, 7) is 3.87. The third-order valence-corrected chi connectivity index (χ3v) is 5.32. The molecule has 0 saturated carbocycles. The van der Waals surface area contributed by atoms with Crippen molar-refractivity contribution in [1.82, 2.24) is 5.32 Å². The van der Waals surface area contributed by atoms with Gasteiger partial charge in [-0.15, -0.1) is 0 Å². The topological polar surface area (TPSA) is 46.2 Å². The molecule has 3 nitrogen and oxygen atoms in total. The second-order valence-electron chi connectivity index (χ2n) is 5.17. The van der Waals surface area contributed by atoms with Crippen LogP contribution in [0.3, 0.4) is 0 Å². The van der Waals surface area contributed by atoms with Crippen molar-refractivity contribution in [3.8, 4) is 0 Å². The molecule has 1 aliphatic rings.